The quantitative estimate of drug-likeness (QED) is 0.0932. The van der Waals surface area contributed by atoms with Crippen LogP contribution in [-0.2, 0) is 44.5 Å². The van der Waals surface area contributed by atoms with Gasteiger partial charge in [0.15, 0.2) is 11.9 Å². The van der Waals surface area contributed by atoms with E-state index in [2.05, 4.69) is 17.2 Å². The van der Waals surface area contributed by atoms with Gasteiger partial charge in [-0.3, -0.25) is 14.9 Å². The molecule has 0 aliphatic carbocycles. The van der Waals surface area contributed by atoms with Crippen LogP contribution in [-0.4, -0.2) is 127 Å². The van der Waals surface area contributed by atoms with Crippen molar-refractivity contribution in [3.63, 3.8) is 0 Å². The number of likely N-dealkylation sites (N-methyl/N-ethyl adjacent to an activating group) is 1. The van der Waals surface area contributed by atoms with Crippen molar-refractivity contribution in [2.24, 2.45) is 23.7 Å². The summed E-state index contributed by atoms with van der Waals surface area (Å²) >= 11 is 0. The van der Waals surface area contributed by atoms with E-state index in [1.807, 2.05) is 66.6 Å². The molecule has 17 nitrogen and oxygen atoms in total. The van der Waals surface area contributed by atoms with Gasteiger partial charge in [-0.15, -0.1) is 0 Å². The smallest absolute Gasteiger partial charge is 0.408 e. The van der Waals surface area contributed by atoms with Crippen LogP contribution in [0.25, 0.3) is 0 Å². The van der Waals surface area contributed by atoms with E-state index in [1.165, 1.54) is 12.1 Å². The van der Waals surface area contributed by atoms with E-state index in [-0.39, 0.29) is 50.1 Å². The van der Waals surface area contributed by atoms with E-state index in [4.69, 9.17) is 33.2 Å². The number of fused-ring (bicyclic) bond motifs is 4. The molecule has 0 spiro atoms. The number of ether oxygens (including phenoxy) is 7. The van der Waals surface area contributed by atoms with Crippen LogP contribution in [0.2, 0.25) is 0 Å². The molecule has 1 aromatic rings. The number of benzene rings is 1. The molecule has 3 N–H and O–H groups in total. The summed E-state index contributed by atoms with van der Waals surface area (Å²) in [6.07, 6.45) is -3.03. The van der Waals surface area contributed by atoms with Crippen LogP contribution in [0, 0.1) is 33.8 Å². The third-order valence-electron chi connectivity index (χ3n) is 13.0. The average molecular weight is 859 g/mol. The van der Waals surface area contributed by atoms with Crippen molar-refractivity contribution >= 4 is 23.8 Å². The minimum absolute atomic E-state index is 0.0607. The molecule has 0 radical (unpaired) electrons. The van der Waals surface area contributed by atoms with Crippen molar-refractivity contribution in [2.45, 2.75) is 141 Å². The highest BCUT2D eigenvalue weighted by atomic mass is 16.7. The maximum Gasteiger partial charge on any atom is 0.408 e. The zero-order chi connectivity index (χ0) is 45.0. The molecule has 5 rings (SSSR count). The Morgan fingerprint density at radius 2 is 1.80 bits per heavy atom. The second kappa shape index (κ2) is 19.9. The molecule has 340 valence electrons. The zero-order valence-electron chi connectivity index (χ0n) is 37.2. The van der Waals surface area contributed by atoms with Crippen LogP contribution in [0.15, 0.2) is 48.1 Å². The Bertz CT molecular complexity index is 1770. The van der Waals surface area contributed by atoms with Gasteiger partial charge in [0.05, 0.1) is 54.0 Å². The van der Waals surface area contributed by atoms with E-state index >= 15 is 0 Å². The molecule has 4 heterocycles. The fourth-order valence-electron chi connectivity index (χ4n) is 9.69. The van der Waals surface area contributed by atoms with Crippen molar-refractivity contribution in [2.75, 3.05) is 33.9 Å². The molecule has 1 aromatic carbocycles. The van der Waals surface area contributed by atoms with Crippen LogP contribution < -0.4 is 10.6 Å². The number of cyclic esters (lactones) is 1. The lowest BCUT2D eigenvalue weighted by molar-refractivity contribution is -0.384. The topological polar surface area (TPSA) is 206 Å². The molecule has 4 aliphatic heterocycles. The summed E-state index contributed by atoms with van der Waals surface area (Å²) in [5, 5.41) is 28.4. The maximum absolute atomic E-state index is 14.3. The van der Waals surface area contributed by atoms with Gasteiger partial charge in [0.1, 0.15) is 18.8 Å². The average Bonchev–Trinajstić information content (AvgIpc) is 3.54. The van der Waals surface area contributed by atoms with E-state index in [0.717, 1.165) is 5.57 Å². The Hall–Kier alpha value is -4.13. The van der Waals surface area contributed by atoms with Crippen molar-refractivity contribution in [3.8, 4) is 0 Å². The first-order valence-electron chi connectivity index (χ1n) is 21.3. The monoisotopic (exact) mass is 858 g/mol. The summed E-state index contributed by atoms with van der Waals surface area (Å²) in [5.41, 5.74) is -0.391. The second-order valence-electron chi connectivity index (χ2n) is 17.9. The van der Waals surface area contributed by atoms with Gasteiger partial charge in [0.25, 0.3) is 5.69 Å². The number of hydrogen-bond donors (Lipinski definition) is 3. The van der Waals surface area contributed by atoms with Crippen molar-refractivity contribution in [1.29, 1.82) is 0 Å². The highest BCUT2D eigenvalue weighted by molar-refractivity contribution is 5.74. The largest absolute Gasteiger partial charge is 0.458 e. The summed E-state index contributed by atoms with van der Waals surface area (Å²) in [7, 11) is 3.81. The number of aliphatic hydroxyl groups is 1. The number of aliphatic hydroxyl groups excluding tert-OH is 1. The lowest BCUT2D eigenvalue weighted by Crippen LogP contribution is -2.60. The molecule has 14 atom stereocenters. The number of rotatable bonds is 9. The number of alkyl carbamates (subject to hydrolysis) is 2. The second-order valence-corrected chi connectivity index (χ2v) is 17.9. The Kier molecular flexibility index (Phi) is 15.7. The normalized spacial score (nSPS) is 38.2. The van der Waals surface area contributed by atoms with Gasteiger partial charge in [-0.1, -0.05) is 52.0 Å². The summed E-state index contributed by atoms with van der Waals surface area (Å²) in [5.74, 6) is -2.69. The van der Waals surface area contributed by atoms with Crippen LogP contribution >= 0.6 is 0 Å². The zero-order valence-corrected chi connectivity index (χ0v) is 37.2. The Balaban J connectivity index is 1.55. The van der Waals surface area contributed by atoms with Crippen molar-refractivity contribution in [3.05, 3.63) is 63.7 Å². The SMILES string of the molecule is C=C1COC2[C@@H](C)C(=O)O[C@H](CC)[C@@]3(C)OC(=O)NC3[C@@H](C)/C(=C/COC(=O)NCc3ccc([N+](=O)[O-])cc3)[C@H](C)C[C@@](C)(OC1)[C@H](OC1O[C@H](C)C[C@H](N(C)C)[C@H]1O)[C@H]2C. The first-order valence-corrected chi connectivity index (χ1v) is 21.3. The Labute approximate surface area is 358 Å². The van der Waals surface area contributed by atoms with Gasteiger partial charge in [-0.2, -0.15) is 0 Å². The molecule has 4 saturated heterocycles. The summed E-state index contributed by atoms with van der Waals surface area (Å²) in [6.45, 7) is 19.5. The van der Waals surface area contributed by atoms with Gasteiger partial charge in [-0.05, 0) is 84.2 Å². The maximum atomic E-state index is 14.3. The first kappa shape index (κ1) is 47.9. The predicted octanol–water partition coefficient (Wildman–Crippen LogP) is 5.43. The van der Waals surface area contributed by atoms with Crippen LogP contribution in [0.1, 0.15) is 80.2 Å². The van der Waals surface area contributed by atoms with Crippen LogP contribution in [0.5, 0.6) is 0 Å². The number of non-ortho nitro benzene ring substituents is 1. The third kappa shape index (κ3) is 10.9. The minimum Gasteiger partial charge on any atom is -0.458 e. The first-order chi connectivity index (χ1) is 28.7. The molecule has 4 fully saturated rings. The van der Waals surface area contributed by atoms with Gasteiger partial charge >= 0.3 is 18.2 Å². The molecule has 4 aliphatic rings. The number of esters is 1. The highest BCUT2D eigenvalue weighted by Crippen LogP contribution is 2.44. The third-order valence-corrected chi connectivity index (χ3v) is 13.0. The minimum atomic E-state index is -1.30. The lowest BCUT2D eigenvalue weighted by Gasteiger charge is -2.49. The van der Waals surface area contributed by atoms with Gasteiger partial charge < -0.3 is 53.8 Å². The number of hydrogen-bond acceptors (Lipinski definition) is 14. The van der Waals surface area contributed by atoms with Crippen molar-refractivity contribution in [1.82, 2.24) is 15.5 Å². The van der Waals surface area contributed by atoms with Gasteiger partial charge in [-0.25, -0.2) is 9.59 Å². The molecular formula is C44H66N4O13. The van der Waals surface area contributed by atoms with E-state index < -0.39 is 88.8 Å². The summed E-state index contributed by atoms with van der Waals surface area (Å²) < 4.78 is 44.6. The molecule has 17 heteroatoms. The lowest BCUT2D eigenvalue weighted by atomic mass is 9.71. The van der Waals surface area contributed by atoms with Crippen LogP contribution in [0.3, 0.4) is 0 Å². The number of nitro benzene ring substituents is 1. The molecule has 2 amide bonds. The molecule has 3 unspecified atom stereocenters. The predicted molar refractivity (Wildman–Crippen MR) is 223 cm³/mol. The van der Waals surface area contributed by atoms with E-state index in [0.29, 0.717) is 30.4 Å². The molecule has 2 bridgehead atoms. The highest BCUT2D eigenvalue weighted by Gasteiger charge is 2.57. The number of nitro groups is 1. The summed E-state index contributed by atoms with van der Waals surface area (Å²) in [4.78, 5) is 53.0. The summed E-state index contributed by atoms with van der Waals surface area (Å²) in [6, 6.07) is 4.89. The number of amides is 2. The van der Waals surface area contributed by atoms with Gasteiger partial charge in [0.2, 0.25) is 0 Å². The van der Waals surface area contributed by atoms with Gasteiger partial charge in [0, 0.05) is 36.6 Å². The molecule has 0 aromatic heterocycles. The standard InChI is InChI=1S/C44H66N4O13/c1-12-34-44(9)37(46-42(52)61-44)27(5)32(17-18-55-41(51)45-21-30-13-15-31(16-14-30)48(53)54)25(3)20-43(8)38(60-40-35(49)33(47(10)11)19-26(4)58-40)28(6)36(29(7)39(50)59-34)56-22-24(2)23-57-43/h13-17,25-29,33-38,40,49H,2,12,18-23H2,1,3-11H3,(H,45,51)(H,46,52)/b32-17+/t25-,26-,27+,28+,29-,33+,34-,35-,36?,37?,38-,40?,43-,44-/m1/s1. The fraction of sp³-hybridized carbons (Fsp3) is 0.705. The van der Waals surface area contributed by atoms with E-state index in [1.54, 1.807) is 26.0 Å². The number of nitrogens with one attached hydrogen (secondary N) is 2. The number of nitrogens with zero attached hydrogens (tertiary/aromatic N) is 2. The number of carbonyl (C=O) groups excluding carboxylic acids is 3. The molecule has 0 saturated carbocycles. The van der Waals surface area contributed by atoms with Crippen molar-refractivity contribution < 1.29 is 57.6 Å². The Morgan fingerprint density at radius 3 is 2.44 bits per heavy atom. The van der Waals surface area contributed by atoms with E-state index in [9.17, 15) is 29.6 Å². The van der Waals surface area contributed by atoms with Crippen LogP contribution in [0.4, 0.5) is 15.3 Å². The fourth-order valence-corrected chi connectivity index (χ4v) is 9.69. The molecular weight excluding hydrogens is 792 g/mol. The molecule has 61 heavy (non-hydrogen) atoms. The Morgan fingerprint density at radius 1 is 1.11 bits per heavy atom. The number of carbonyl (C=O) groups is 3.